The number of allylic oxidation sites excluding steroid dienone is 2. The van der Waals surface area contributed by atoms with Gasteiger partial charge in [-0.15, -0.1) is 0 Å². The molecule has 156 valence electrons. The summed E-state index contributed by atoms with van der Waals surface area (Å²) in [6.45, 7) is 5.71. The number of anilines is 1. The molecule has 4 nitrogen and oxygen atoms in total. The summed E-state index contributed by atoms with van der Waals surface area (Å²) in [6, 6.07) is 14.0. The van der Waals surface area contributed by atoms with Crippen molar-refractivity contribution in [3.8, 4) is 0 Å². The molecule has 1 aliphatic carbocycles. The number of carbonyl (C=O) groups is 1. The summed E-state index contributed by atoms with van der Waals surface area (Å²) >= 11 is 0. The fourth-order valence-electron chi connectivity index (χ4n) is 4.65. The second kappa shape index (κ2) is 8.05. The second-order valence-electron chi connectivity index (χ2n) is 8.75. The Kier molecular flexibility index (Phi) is 5.46. The predicted molar refractivity (Wildman–Crippen MR) is 119 cm³/mol. The number of para-hydroxylation sites is 1. The molecule has 1 spiro atoms. The van der Waals surface area contributed by atoms with E-state index >= 15 is 0 Å². The molecule has 2 aromatic rings. The first-order valence-corrected chi connectivity index (χ1v) is 10.4. The first-order chi connectivity index (χ1) is 14.3. The standard InChI is InChI=1S/C25H28FN3O/c1-18-6-4-5-7-23(18)28(3)27-19(2)8-9-20-14-25(15-20)16-29(17-25)24(30)21-10-12-22(26)13-11-21/h4-13,20H,14-17H2,1-3H3/b9-8+,27-19-. The molecule has 1 saturated carbocycles. The van der Waals surface area contributed by atoms with Crippen molar-refractivity contribution in [3.05, 3.63) is 77.6 Å². The Balaban J connectivity index is 1.26. The number of rotatable bonds is 5. The van der Waals surface area contributed by atoms with Gasteiger partial charge in [0.1, 0.15) is 5.82 Å². The highest BCUT2D eigenvalue weighted by Crippen LogP contribution is 2.52. The smallest absolute Gasteiger partial charge is 0.253 e. The Morgan fingerprint density at radius 3 is 2.50 bits per heavy atom. The van der Waals surface area contributed by atoms with Gasteiger partial charge in [0.25, 0.3) is 5.91 Å². The summed E-state index contributed by atoms with van der Waals surface area (Å²) in [4.78, 5) is 14.3. The third kappa shape index (κ3) is 4.16. The van der Waals surface area contributed by atoms with Crippen LogP contribution in [0.5, 0.6) is 0 Å². The van der Waals surface area contributed by atoms with Gasteiger partial charge < -0.3 is 4.90 Å². The average Bonchev–Trinajstić information content (AvgIpc) is 2.66. The Labute approximate surface area is 177 Å². The van der Waals surface area contributed by atoms with Crippen molar-refractivity contribution < 1.29 is 9.18 Å². The minimum atomic E-state index is -0.316. The summed E-state index contributed by atoms with van der Waals surface area (Å²) in [5.74, 6) is 0.230. The molecule has 2 fully saturated rings. The molecule has 1 aliphatic heterocycles. The third-order valence-corrected chi connectivity index (χ3v) is 6.20. The molecule has 2 aromatic carbocycles. The molecule has 0 unspecified atom stereocenters. The molecule has 0 aromatic heterocycles. The van der Waals surface area contributed by atoms with Gasteiger partial charge >= 0.3 is 0 Å². The lowest BCUT2D eigenvalue weighted by atomic mass is 9.57. The number of likely N-dealkylation sites (tertiary alicyclic amines) is 1. The van der Waals surface area contributed by atoms with Crippen LogP contribution >= 0.6 is 0 Å². The molecule has 1 amide bonds. The fraction of sp³-hybridized carbons (Fsp3) is 0.360. The largest absolute Gasteiger partial charge is 0.337 e. The van der Waals surface area contributed by atoms with E-state index < -0.39 is 0 Å². The summed E-state index contributed by atoms with van der Waals surface area (Å²) < 4.78 is 13.0. The van der Waals surface area contributed by atoms with E-state index in [1.807, 2.05) is 36.0 Å². The maximum absolute atomic E-state index is 13.0. The topological polar surface area (TPSA) is 35.9 Å². The minimum absolute atomic E-state index is 0.00170. The van der Waals surface area contributed by atoms with Crippen LogP contribution in [0.25, 0.3) is 0 Å². The number of halogens is 1. The Bertz CT molecular complexity index is 982. The lowest BCUT2D eigenvalue weighted by Crippen LogP contribution is -2.63. The lowest BCUT2D eigenvalue weighted by molar-refractivity contribution is -0.0636. The maximum Gasteiger partial charge on any atom is 0.253 e. The van der Waals surface area contributed by atoms with Gasteiger partial charge in [-0.25, -0.2) is 4.39 Å². The van der Waals surface area contributed by atoms with Crippen LogP contribution < -0.4 is 5.01 Å². The highest BCUT2D eigenvalue weighted by Gasteiger charge is 2.52. The molecular formula is C25H28FN3O. The van der Waals surface area contributed by atoms with E-state index in [1.165, 1.54) is 17.7 Å². The number of hydrazone groups is 1. The third-order valence-electron chi connectivity index (χ3n) is 6.20. The quantitative estimate of drug-likeness (QED) is 0.515. The van der Waals surface area contributed by atoms with Crippen LogP contribution in [0, 0.1) is 24.1 Å². The molecule has 2 aliphatic rings. The van der Waals surface area contributed by atoms with Crippen LogP contribution in [0.15, 0.2) is 65.8 Å². The molecule has 0 N–H and O–H groups in total. The van der Waals surface area contributed by atoms with E-state index in [4.69, 9.17) is 0 Å². The van der Waals surface area contributed by atoms with Crippen molar-refractivity contribution in [2.75, 3.05) is 25.1 Å². The minimum Gasteiger partial charge on any atom is -0.337 e. The van der Waals surface area contributed by atoms with Gasteiger partial charge in [0.2, 0.25) is 0 Å². The molecule has 1 saturated heterocycles. The van der Waals surface area contributed by atoms with Crippen LogP contribution in [-0.4, -0.2) is 36.7 Å². The first-order valence-electron chi connectivity index (χ1n) is 10.4. The summed E-state index contributed by atoms with van der Waals surface area (Å²) in [5.41, 5.74) is 4.11. The van der Waals surface area contributed by atoms with Gasteiger partial charge in [-0.3, -0.25) is 9.80 Å². The van der Waals surface area contributed by atoms with Gasteiger partial charge in [-0.1, -0.05) is 24.3 Å². The normalized spacial score (nSPS) is 18.4. The molecule has 30 heavy (non-hydrogen) atoms. The number of benzene rings is 2. The molecule has 0 radical (unpaired) electrons. The van der Waals surface area contributed by atoms with E-state index in [0.717, 1.165) is 37.3 Å². The lowest BCUT2D eigenvalue weighted by Gasteiger charge is -2.58. The van der Waals surface area contributed by atoms with Crippen molar-refractivity contribution in [2.24, 2.45) is 16.4 Å². The van der Waals surface area contributed by atoms with Gasteiger partial charge in [0.05, 0.1) is 11.4 Å². The number of aryl methyl sites for hydroxylation is 1. The molecule has 5 heteroatoms. The van der Waals surface area contributed by atoms with Crippen molar-refractivity contribution in [1.82, 2.24) is 4.90 Å². The summed E-state index contributed by atoms with van der Waals surface area (Å²) in [5, 5.41) is 6.59. The van der Waals surface area contributed by atoms with Crippen LogP contribution in [-0.2, 0) is 0 Å². The van der Waals surface area contributed by atoms with Gasteiger partial charge in [-0.2, -0.15) is 5.10 Å². The Hall–Kier alpha value is -2.95. The number of nitrogens with zero attached hydrogens (tertiary/aromatic N) is 3. The van der Waals surface area contributed by atoms with Crippen LogP contribution in [0.2, 0.25) is 0 Å². The highest BCUT2D eigenvalue weighted by molar-refractivity contribution is 5.95. The maximum atomic E-state index is 13.0. The van der Waals surface area contributed by atoms with Crippen LogP contribution in [0.3, 0.4) is 0 Å². The van der Waals surface area contributed by atoms with Crippen molar-refractivity contribution in [1.29, 1.82) is 0 Å². The Morgan fingerprint density at radius 2 is 1.83 bits per heavy atom. The second-order valence-corrected chi connectivity index (χ2v) is 8.75. The molecule has 1 heterocycles. The van der Waals surface area contributed by atoms with E-state index in [-0.39, 0.29) is 17.1 Å². The van der Waals surface area contributed by atoms with Crippen LogP contribution in [0.1, 0.15) is 35.7 Å². The fourth-order valence-corrected chi connectivity index (χ4v) is 4.65. The molecule has 0 atom stereocenters. The SMILES string of the molecule is CC(/C=C/C1CC2(C1)CN(C(=O)c1ccc(F)cc1)C2)=N/N(C)c1ccccc1C. The average molecular weight is 406 g/mol. The Morgan fingerprint density at radius 1 is 1.17 bits per heavy atom. The molecule has 0 bridgehead atoms. The zero-order valence-electron chi connectivity index (χ0n) is 17.8. The monoisotopic (exact) mass is 405 g/mol. The van der Waals surface area contributed by atoms with Crippen molar-refractivity contribution in [3.63, 3.8) is 0 Å². The van der Waals surface area contributed by atoms with E-state index in [0.29, 0.717) is 11.5 Å². The molecule has 4 rings (SSSR count). The summed E-state index contributed by atoms with van der Waals surface area (Å²) in [7, 11) is 1.97. The van der Waals surface area contributed by atoms with Gasteiger partial charge in [0.15, 0.2) is 0 Å². The van der Waals surface area contributed by atoms with E-state index in [9.17, 15) is 9.18 Å². The molecular weight excluding hydrogens is 377 g/mol. The van der Waals surface area contributed by atoms with Gasteiger partial charge in [0, 0.05) is 31.1 Å². The number of carbonyl (C=O) groups excluding carboxylic acids is 1. The van der Waals surface area contributed by atoms with E-state index in [1.54, 1.807) is 12.1 Å². The summed E-state index contributed by atoms with van der Waals surface area (Å²) in [6.07, 6.45) is 6.57. The predicted octanol–water partition coefficient (Wildman–Crippen LogP) is 5.05. The number of hydrogen-bond donors (Lipinski definition) is 0. The van der Waals surface area contributed by atoms with Crippen LogP contribution in [0.4, 0.5) is 10.1 Å². The zero-order valence-corrected chi connectivity index (χ0v) is 17.8. The first kappa shape index (κ1) is 20.3. The van der Waals surface area contributed by atoms with E-state index in [2.05, 4.69) is 36.3 Å². The number of amides is 1. The highest BCUT2D eigenvalue weighted by atomic mass is 19.1. The van der Waals surface area contributed by atoms with Gasteiger partial charge in [-0.05, 0) is 74.6 Å². The van der Waals surface area contributed by atoms with Crippen molar-refractivity contribution >= 4 is 17.3 Å². The zero-order chi connectivity index (χ0) is 21.3. The van der Waals surface area contributed by atoms with Crippen molar-refractivity contribution in [2.45, 2.75) is 26.7 Å². The number of hydrogen-bond acceptors (Lipinski definition) is 3.